The van der Waals surface area contributed by atoms with Crippen LogP contribution < -0.4 is 10.5 Å². The van der Waals surface area contributed by atoms with Gasteiger partial charge in [0, 0.05) is 15.4 Å². The topological polar surface area (TPSA) is 89.3 Å². The quantitative estimate of drug-likeness (QED) is 0.903. The lowest BCUT2D eigenvalue weighted by Crippen LogP contribution is -2.15. The van der Waals surface area contributed by atoms with E-state index >= 15 is 0 Å². The van der Waals surface area contributed by atoms with Crippen molar-refractivity contribution in [2.75, 3.05) is 5.32 Å². The SMILES string of the molecule is Cc1ccc(CC(=O)Nc2cccc(S(N)(=O)=O)c2)s1. The Hall–Kier alpha value is -1.70. The molecule has 106 valence electrons. The molecule has 7 heteroatoms. The third kappa shape index (κ3) is 3.89. The van der Waals surface area contributed by atoms with Crippen LogP contribution in [0.4, 0.5) is 5.69 Å². The average molecular weight is 310 g/mol. The third-order valence-corrected chi connectivity index (χ3v) is 4.49. The molecular weight excluding hydrogens is 296 g/mol. The maximum Gasteiger partial charge on any atom is 0.238 e. The molecule has 1 aromatic heterocycles. The number of sulfonamides is 1. The summed E-state index contributed by atoms with van der Waals surface area (Å²) < 4.78 is 22.5. The van der Waals surface area contributed by atoms with Crippen LogP contribution in [0.25, 0.3) is 0 Å². The second-order valence-electron chi connectivity index (χ2n) is 4.31. The van der Waals surface area contributed by atoms with Crippen molar-refractivity contribution in [2.45, 2.75) is 18.2 Å². The number of carbonyl (C=O) groups is 1. The molecule has 0 aliphatic carbocycles. The Morgan fingerprint density at radius 1 is 1.30 bits per heavy atom. The molecule has 3 N–H and O–H groups in total. The molecule has 2 rings (SSSR count). The first kappa shape index (κ1) is 14.7. The van der Waals surface area contributed by atoms with E-state index in [-0.39, 0.29) is 17.2 Å². The Labute approximate surface area is 121 Å². The van der Waals surface area contributed by atoms with Gasteiger partial charge in [0.25, 0.3) is 0 Å². The number of carbonyl (C=O) groups excluding carboxylic acids is 1. The van der Waals surface area contributed by atoms with Crippen molar-refractivity contribution < 1.29 is 13.2 Å². The van der Waals surface area contributed by atoms with Crippen molar-refractivity contribution in [3.63, 3.8) is 0 Å². The van der Waals surface area contributed by atoms with Crippen molar-refractivity contribution in [3.05, 3.63) is 46.2 Å². The highest BCUT2D eigenvalue weighted by molar-refractivity contribution is 7.89. The number of benzene rings is 1. The van der Waals surface area contributed by atoms with Crippen molar-refractivity contribution >= 4 is 33.0 Å². The number of thiophene rings is 1. The van der Waals surface area contributed by atoms with Gasteiger partial charge >= 0.3 is 0 Å². The molecule has 1 heterocycles. The zero-order valence-electron chi connectivity index (χ0n) is 10.8. The lowest BCUT2D eigenvalue weighted by Gasteiger charge is -2.06. The van der Waals surface area contributed by atoms with E-state index in [0.29, 0.717) is 5.69 Å². The van der Waals surface area contributed by atoms with Gasteiger partial charge in [-0.15, -0.1) is 11.3 Å². The van der Waals surface area contributed by atoms with Gasteiger partial charge in [-0.05, 0) is 37.3 Å². The highest BCUT2D eigenvalue weighted by Gasteiger charge is 2.10. The van der Waals surface area contributed by atoms with Crippen LogP contribution in [0.5, 0.6) is 0 Å². The molecule has 2 aromatic rings. The molecular formula is C13H14N2O3S2. The fraction of sp³-hybridized carbons (Fsp3) is 0.154. The Bertz CT molecular complexity index is 736. The van der Waals surface area contributed by atoms with E-state index in [0.717, 1.165) is 9.75 Å². The number of aryl methyl sites for hydroxylation is 1. The minimum atomic E-state index is -3.77. The van der Waals surface area contributed by atoms with Crippen LogP contribution in [0.2, 0.25) is 0 Å². The molecule has 0 aliphatic heterocycles. The molecule has 20 heavy (non-hydrogen) atoms. The Morgan fingerprint density at radius 2 is 2.05 bits per heavy atom. The molecule has 0 fully saturated rings. The highest BCUT2D eigenvalue weighted by Crippen LogP contribution is 2.17. The van der Waals surface area contributed by atoms with Crippen LogP contribution in [0.15, 0.2) is 41.3 Å². The zero-order chi connectivity index (χ0) is 14.8. The van der Waals surface area contributed by atoms with Crippen molar-refractivity contribution in [2.24, 2.45) is 5.14 Å². The van der Waals surface area contributed by atoms with Crippen molar-refractivity contribution in [3.8, 4) is 0 Å². The maximum absolute atomic E-state index is 11.9. The van der Waals surface area contributed by atoms with Gasteiger partial charge in [-0.25, -0.2) is 13.6 Å². The van der Waals surface area contributed by atoms with Crippen molar-refractivity contribution in [1.82, 2.24) is 0 Å². The molecule has 0 spiro atoms. The number of anilines is 1. The first-order chi connectivity index (χ1) is 9.34. The van der Waals surface area contributed by atoms with E-state index in [2.05, 4.69) is 5.32 Å². The normalized spacial score (nSPS) is 11.3. The first-order valence-corrected chi connectivity index (χ1v) is 8.19. The number of primary sulfonamides is 1. The zero-order valence-corrected chi connectivity index (χ0v) is 12.4. The van der Waals surface area contributed by atoms with E-state index in [1.165, 1.54) is 18.2 Å². The largest absolute Gasteiger partial charge is 0.326 e. The van der Waals surface area contributed by atoms with E-state index in [1.54, 1.807) is 17.4 Å². The van der Waals surface area contributed by atoms with Crippen LogP contribution >= 0.6 is 11.3 Å². The van der Waals surface area contributed by atoms with E-state index < -0.39 is 10.0 Å². The smallest absolute Gasteiger partial charge is 0.238 e. The van der Waals surface area contributed by atoms with E-state index in [9.17, 15) is 13.2 Å². The van der Waals surface area contributed by atoms with Gasteiger partial charge in [0.1, 0.15) is 0 Å². The summed E-state index contributed by atoms with van der Waals surface area (Å²) in [6.07, 6.45) is 0.262. The lowest BCUT2D eigenvalue weighted by molar-refractivity contribution is -0.115. The van der Waals surface area contributed by atoms with Crippen LogP contribution in [0, 0.1) is 6.92 Å². The van der Waals surface area contributed by atoms with Gasteiger partial charge in [-0.2, -0.15) is 0 Å². The van der Waals surface area contributed by atoms with Gasteiger partial charge in [0.05, 0.1) is 11.3 Å². The monoisotopic (exact) mass is 310 g/mol. The molecule has 0 aliphatic rings. The van der Waals surface area contributed by atoms with Gasteiger partial charge in [0.2, 0.25) is 15.9 Å². The number of hydrogen-bond donors (Lipinski definition) is 2. The average Bonchev–Trinajstić information content (AvgIpc) is 2.73. The molecule has 1 amide bonds. The van der Waals surface area contributed by atoms with Crippen LogP contribution in [-0.2, 0) is 21.2 Å². The van der Waals surface area contributed by atoms with E-state index in [4.69, 9.17) is 5.14 Å². The minimum Gasteiger partial charge on any atom is -0.326 e. The molecule has 0 radical (unpaired) electrons. The highest BCUT2D eigenvalue weighted by atomic mass is 32.2. The van der Waals surface area contributed by atoms with Gasteiger partial charge in [-0.3, -0.25) is 4.79 Å². The summed E-state index contributed by atoms with van der Waals surface area (Å²) >= 11 is 1.56. The predicted molar refractivity (Wildman–Crippen MR) is 79.2 cm³/mol. The summed E-state index contributed by atoms with van der Waals surface area (Å²) in [4.78, 5) is 13.9. The van der Waals surface area contributed by atoms with Gasteiger partial charge < -0.3 is 5.32 Å². The number of hydrogen-bond acceptors (Lipinski definition) is 4. The van der Waals surface area contributed by atoms with Gasteiger partial charge in [-0.1, -0.05) is 6.07 Å². The summed E-state index contributed by atoms with van der Waals surface area (Å²) in [6, 6.07) is 9.73. The first-order valence-electron chi connectivity index (χ1n) is 5.82. The van der Waals surface area contributed by atoms with Crippen LogP contribution in [0.3, 0.4) is 0 Å². The van der Waals surface area contributed by atoms with Gasteiger partial charge in [0.15, 0.2) is 0 Å². The summed E-state index contributed by atoms with van der Waals surface area (Å²) in [5.74, 6) is -0.196. The van der Waals surface area contributed by atoms with E-state index in [1.807, 2.05) is 19.1 Å². The Balaban J connectivity index is 2.08. The Morgan fingerprint density at radius 3 is 2.65 bits per heavy atom. The maximum atomic E-state index is 11.9. The fourth-order valence-corrected chi connectivity index (χ4v) is 3.14. The summed E-state index contributed by atoms with van der Waals surface area (Å²) in [7, 11) is -3.77. The van der Waals surface area contributed by atoms with Crippen LogP contribution in [-0.4, -0.2) is 14.3 Å². The second kappa shape index (κ2) is 5.74. The second-order valence-corrected chi connectivity index (χ2v) is 7.24. The van der Waals surface area contributed by atoms with Crippen LogP contribution in [0.1, 0.15) is 9.75 Å². The van der Waals surface area contributed by atoms with Crippen molar-refractivity contribution in [1.29, 1.82) is 0 Å². The number of nitrogens with two attached hydrogens (primary N) is 1. The minimum absolute atomic E-state index is 0.0257. The summed E-state index contributed by atoms with van der Waals surface area (Å²) in [6.45, 7) is 1.97. The molecule has 0 saturated carbocycles. The molecule has 0 unspecified atom stereocenters. The Kier molecular flexibility index (Phi) is 4.22. The molecule has 1 aromatic carbocycles. The number of amides is 1. The summed E-state index contributed by atoms with van der Waals surface area (Å²) in [5, 5.41) is 7.70. The predicted octanol–water partition coefficient (Wildman–Crippen LogP) is 1.89. The molecule has 0 bridgehead atoms. The molecule has 5 nitrogen and oxygen atoms in total. The molecule has 0 atom stereocenters. The number of nitrogens with one attached hydrogen (secondary N) is 1. The number of rotatable bonds is 4. The lowest BCUT2D eigenvalue weighted by atomic mass is 10.3. The standard InChI is InChI=1S/C13H14N2O3S2/c1-9-5-6-11(19-9)8-13(16)15-10-3-2-4-12(7-10)20(14,17)18/h2-7H,8H2,1H3,(H,15,16)(H2,14,17,18). The molecule has 0 saturated heterocycles. The fourth-order valence-electron chi connectivity index (χ4n) is 1.69. The third-order valence-electron chi connectivity index (χ3n) is 2.58. The summed E-state index contributed by atoms with van der Waals surface area (Å²) in [5.41, 5.74) is 0.412.